The van der Waals surface area contributed by atoms with Crippen LogP contribution < -0.4 is 10.5 Å². The number of sulfonamides is 1. The van der Waals surface area contributed by atoms with Gasteiger partial charge in [-0.1, -0.05) is 11.6 Å². The number of hydrogen-bond acceptors (Lipinski definition) is 5. The molecule has 3 N–H and O–H groups in total. The summed E-state index contributed by atoms with van der Waals surface area (Å²) in [6.45, 7) is 1.79. The van der Waals surface area contributed by atoms with Crippen molar-refractivity contribution in [1.29, 1.82) is 0 Å². The Kier molecular flexibility index (Phi) is 7.46. The van der Waals surface area contributed by atoms with E-state index in [2.05, 4.69) is 9.46 Å². The van der Waals surface area contributed by atoms with Crippen molar-refractivity contribution in [2.75, 3.05) is 13.7 Å². The highest BCUT2D eigenvalue weighted by Gasteiger charge is 2.18. The van der Waals surface area contributed by atoms with Gasteiger partial charge in [-0.05, 0) is 25.1 Å². The number of nitrogens with one attached hydrogen (secondary N) is 1. The number of carbonyl (C=O) groups excluding carboxylic acids is 1. The van der Waals surface area contributed by atoms with Crippen LogP contribution in [0.15, 0.2) is 23.1 Å². The van der Waals surface area contributed by atoms with Gasteiger partial charge in [-0.15, -0.1) is 12.4 Å². The fourth-order valence-corrected chi connectivity index (χ4v) is 2.75. The molecule has 1 aromatic rings. The summed E-state index contributed by atoms with van der Waals surface area (Å²) in [7, 11) is -2.48. The van der Waals surface area contributed by atoms with Crippen molar-refractivity contribution in [3.05, 3.63) is 28.8 Å². The van der Waals surface area contributed by atoms with Gasteiger partial charge in [-0.25, -0.2) is 17.9 Å². The highest BCUT2D eigenvalue weighted by molar-refractivity contribution is 7.89. The maximum absolute atomic E-state index is 11.9. The number of methoxy groups -OCH3 is 1. The molecular formula is C11H16Cl2N2O4S. The van der Waals surface area contributed by atoms with E-state index < -0.39 is 16.0 Å². The normalized spacial score (nSPS) is 12.4. The molecule has 1 unspecified atom stereocenters. The third-order valence-electron chi connectivity index (χ3n) is 2.25. The van der Waals surface area contributed by atoms with Gasteiger partial charge in [0.25, 0.3) is 0 Å². The number of benzene rings is 1. The van der Waals surface area contributed by atoms with E-state index in [4.69, 9.17) is 17.3 Å². The van der Waals surface area contributed by atoms with Crippen LogP contribution in [-0.2, 0) is 14.8 Å². The molecule has 0 saturated heterocycles. The largest absolute Gasteiger partial charge is 0.465 e. The van der Waals surface area contributed by atoms with E-state index in [1.165, 1.54) is 25.3 Å². The first-order chi connectivity index (χ1) is 8.77. The number of carbonyl (C=O) groups is 1. The lowest BCUT2D eigenvalue weighted by Gasteiger charge is -2.10. The Hall–Kier alpha value is -0.860. The van der Waals surface area contributed by atoms with Gasteiger partial charge in [0.05, 0.1) is 22.6 Å². The second-order valence-corrected chi connectivity index (χ2v) is 6.14. The van der Waals surface area contributed by atoms with Gasteiger partial charge in [0, 0.05) is 12.6 Å². The predicted octanol–water partition coefficient (Wildman–Crippen LogP) is 1.17. The molecule has 0 amide bonds. The predicted molar refractivity (Wildman–Crippen MR) is 78.9 cm³/mol. The summed E-state index contributed by atoms with van der Waals surface area (Å²) >= 11 is 5.85. The number of hydrogen-bond donors (Lipinski definition) is 2. The van der Waals surface area contributed by atoms with Crippen LogP contribution in [0.25, 0.3) is 0 Å². The van der Waals surface area contributed by atoms with Gasteiger partial charge >= 0.3 is 5.97 Å². The minimum atomic E-state index is -3.69. The fourth-order valence-electron chi connectivity index (χ4n) is 1.26. The van der Waals surface area contributed by atoms with E-state index in [0.29, 0.717) is 0 Å². The first-order valence-corrected chi connectivity index (χ1v) is 7.27. The molecule has 1 atom stereocenters. The van der Waals surface area contributed by atoms with Crippen LogP contribution in [0.1, 0.15) is 17.3 Å². The average Bonchev–Trinajstić information content (AvgIpc) is 2.35. The quantitative estimate of drug-likeness (QED) is 0.782. The molecule has 0 spiro atoms. The average molecular weight is 343 g/mol. The van der Waals surface area contributed by atoms with Crippen LogP contribution >= 0.6 is 24.0 Å². The Bertz CT molecular complexity index is 576. The molecule has 1 aromatic carbocycles. The molecule has 0 heterocycles. The van der Waals surface area contributed by atoms with Gasteiger partial charge in [0.1, 0.15) is 0 Å². The second-order valence-electron chi connectivity index (χ2n) is 3.96. The molecule has 20 heavy (non-hydrogen) atoms. The van der Waals surface area contributed by atoms with Crippen molar-refractivity contribution in [2.24, 2.45) is 5.73 Å². The lowest BCUT2D eigenvalue weighted by molar-refractivity contribution is 0.0601. The van der Waals surface area contributed by atoms with E-state index in [9.17, 15) is 13.2 Å². The van der Waals surface area contributed by atoms with Crippen molar-refractivity contribution in [2.45, 2.75) is 17.9 Å². The SMILES string of the molecule is COC(=O)c1ccc(S(=O)(=O)NCC(C)N)cc1Cl.Cl. The minimum Gasteiger partial charge on any atom is -0.465 e. The van der Waals surface area contributed by atoms with E-state index in [1.807, 2.05) is 0 Å². The summed E-state index contributed by atoms with van der Waals surface area (Å²) in [6.07, 6.45) is 0. The van der Waals surface area contributed by atoms with E-state index in [0.717, 1.165) is 0 Å². The molecule has 9 heteroatoms. The number of ether oxygens (including phenoxy) is 1. The Morgan fingerprint density at radius 3 is 2.55 bits per heavy atom. The summed E-state index contributed by atoms with van der Waals surface area (Å²) in [5, 5.41) is 0.00974. The highest BCUT2D eigenvalue weighted by Crippen LogP contribution is 2.21. The van der Waals surface area contributed by atoms with Crippen molar-refractivity contribution in [1.82, 2.24) is 4.72 Å². The summed E-state index contributed by atoms with van der Waals surface area (Å²) < 4.78 is 30.6. The van der Waals surface area contributed by atoms with Crippen LogP contribution in [-0.4, -0.2) is 34.1 Å². The lowest BCUT2D eigenvalue weighted by atomic mass is 10.2. The third kappa shape index (κ3) is 4.92. The van der Waals surface area contributed by atoms with Gasteiger partial charge in [-0.2, -0.15) is 0 Å². The zero-order valence-corrected chi connectivity index (χ0v) is 13.3. The number of rotatable bonds is 5. The van der Waals surface area contributed by atoms with Crippen LogP contribution in [0.2, 0.25) is 5.02 Å². The van der Waals surface area contributed by atoms with E-state index in [-0.39, 0.29) is 40.5 Å². The first kappa shape index (κ1) is 19.1. The van der Waals surface area contributed by atoms with Gasteiger partial charge < -0.3 is 10.5 Å². The maximum atomic E-state index is 11.9. The monoisotopic (exact) mass is 342 g/mol. The number of esters is 1. The Morgan fingerprint density at radius 1 is 1.50 bits per heavy atom. The van der Waals surface area contributed by atoms with Crippen molar-refractivity contribution < 1.29 is 17.9 Å². The summed E-state index contributed by atoms with van der Waals surface area (Å²) in [4.78, 5) is 11.3. The Labute approximate surface area is 129 Å². The zero-order chi connectivity index (χ0) is 14.6. The van der Waals surface area contributed by atoms with Crippen LogP contribution in [0.5, 0.6) is 0 Å². The highest BCUT2D eigenvalue weighted by atomic mass is 35.5. The molecule has 0 aromatic heterocycles. The molecule has 0 fully saturated rings. The molecule has 1 rings (SSSR count). The number of halogens is 2. The van der Waals surface area contributed by atoms with Crippen molar-refractivity contribution in [3.8, 4) is 0 Å². The topological polar surface area (TPSA) is 98.5 Å². The number of nitrogens with two attached hydrogens (primary N) is 1. The summed E-state index contributed by atoms with van der Waals surface area (Å²) in [5.41, 5.74) is 5.58. The Morgan fingerprint density at radius 2 is 2.10 bits per heavy atom. The standard InChI is InChI=1S/C11H15ClN2O4S.ClH/c1-7(13)6-14-19(16,17)8-3-4-9(10(12)5-8)11(15)18-2;/h3-5,7,14H,6,13H2,1-2H3;1H. The molecule has 0 aliphatic carbocycles. The summed E-state index contributed by atoms with van der Waals surface area (Å²) in [5.74, 6) is -0.627. The molecule has 6 nitrogen and oxygen atoms in total. The van der Waals surface area contributed by atoms with Crippen LogP contribution in [0, 0.1) is 0 Å². The van der Waals surface area contributed by atoms with Gasteiger partial charge in [0.15, 0.2) is 0 Å². The van der Waals surface area contributed by atoms with E-state index in [1.54, 1.807) is 6.92 Å². The molecule has 114 valence electrons. The molecule has 0 aliphatic rings. The van der Waals surface area contributed by atoms with Crippen LogP contribution in [0.3, 0.4) is 0 Å². The molecular weight excluding hydrogens is 327 g/mol. The van der Waals surface area contributed by atoms with Gasteiger partial charge in [-0.3, -0.25) is 0 Å². The third-order valence-corrected chi connectivity index (χ3v) is 3.99. The molecule has 0 radical (unpaired) electrons. The molecule has 0 bridgehead atoms. The molecule has 0 saturated carbocycles. The van der Waals surface area contributed by atoms with Crippen molar-refractivity contribution >= 4 is 40.0 Å². The Balaban J connectivity index is 0.00000361. The molecule has 0 aliphatic heterocycles. The van der Waals surface area contributed by atoms with Crippen LogP contribution in [0.4, 0.5) is 0 Å². The van der Waals surface area contributed by atoms with E-state index >= 15 is 0 Å². The smallest absolute Gasteiger partial charge is 0.339 e. The second kappa shape index (κ2) is 7.80. The summed E-state index contributed by atoms with van der Waals surface area (Å²) in [6, 6.07) is 3.47. The minimum absolute atomic E-state index is 0. The van der Waals surface area contributed by atoms with Gasteiger partial charge in [0.2, 0.25) is 10.0 Å². The zero-order valence-electron chi connectivity index (χ0n) is 10.9. The fraction of sp³-hybridized carbons (Fsp3) is 0.364. The van der Waals surface area contributed by atoms with Crippen molar-refractivity contribution in [3.63, 3.8) is 0 Å². The lowest BCUT2D eigenvalue weighted by Crippen LogP contribution is -2.35. The maximum Gasteiger partial charge on any atom is 0.339 e. The first-order valence-electron chi connectivity index (χ1n) is 5.41.